The van der Waals surface area contributed by atoms with Crippen molar-refractivity contribution in [3.63, 3.8) is 0 Å². The fourth-order valence-electron chi connectivity index (χ4n) is 2.07. The Hall–Kier alpha value is -2.82. The van der Waals surface area contributed by atoms with E-state index in [2.05, 4.69) is 5.32 Å². The summed E-state index contributed by atoms with van der Waals surface area (Å²) < 4.78 is 10.5. The monoisotopic (exact) mass is 327 g/mol. The zero-order chi connectivity index (χ0) is 17.2. The van der Waals surface area contributed by atoms with E-state index in [0.29, 0.717) is 37.3 Å². The van der Waals surface area contributed by atoms with E-state index in [0.717, 1.165) is 5.75 Å². The Morgan fingerprint density at radius 3 is 2.38 bits per heavy atom. The maximum atomic E-state index is 11.9. The van der Waals surface area contributed by atoms with Gasteiger partial charge in [-0.05, 0) is 49.7 Å². The van der Waals surface area contributed by atoms with E-state index in [1.54, 1.807) is 31.2 Å². The SMILES string of the molecule is CCOC(=O)c1ccc(NC(=O)CCCOc2ccccc2)cc1. The number of ether oxygens (including phenoxy) is 2. The normalized spacial score (nSPS) is 10.0. The first-order chi connectivity index (χ1) is 11.7. The Bertz CT molecular complexity index is 653. The molecule has 0 bridgehead atoms. The van der Waals surface area contributed by atoms with Gasteiger partial charge in [-0.3, -0.25) is 4.79 Å². The second-order valence-electron chi connectivity index (χ2n) is 5.11. The van der Waals surface area contributed by atoms with Crippen molar-refractivity contribution in [1.82, 2.24) is 0 Å². The van der Waals surface area contributed by atoms with Crippen LogP contribution < -0.4 is 10.1 Å². The quantitative estimate of drug-likeness (QED) is 0.593. The first-order valence-electron chi connectivity index (χ1n) is 7.94. The topological polar surface area (TPSA) is 64.6 Å². The van der Waals surface area contributed by atoms with Gasteiger partial charge in [0.25, 0.3) is 0 Å². The molecule has 0 heterocycles. The highest BCUT2D eigenvalue weighted by Crippen LogP contribution is 2.12. The summed E-state index contributed by atoms with van der Waals surface area (Å²) in [5.41, 5.74) is 1.11. The predicted molar refractivity (Wildman–Crippen MR) is 92.2 cm³/mol. The highest BCUT2D eigenvalue weighted by molar-refractivity contribution is 5.93. The van der Waals surface area contributed by atoms with Crippen molar-refractivity contribution in [1.29, 1.82) is 0 Å². The molecular formula is C19H21NO4. The lowest BCUT2D eigenvalue weighted by Gasteiger charge is -2.08. The molecular weight excluding hydrogens is 306 g/mol. The molecule has 0 aliphatic heterocycles. The molecule has 0 fully saturated rings. The van der Waals surface area contributed by atoms with Gasteiger partial charge in [0.05, 0.1) is 18.8 Å². The number of hydrogen-bond acceptors (Lipinski definition) is 4. The molecule has 2 aromatic carbocycles. The first-order valence-corrected chi connectivity index (χ1v) is 7.94. The van der Waals surface area contributed by atoms with E-state index >= 15 is 0 Å². The molecule has 2 rings (SSSR count). The lowest BCUT2D eigenvalue weighted by Crippen LogP contribution is -2.13. The predicted octanol–water partition coefficient (Wildman–Crippen LogP) is 3.66. The average molecular weight is 327 g/mol. The van der Waals surface area contributed by atoms with Crippen LogP contribution in [0.2, 0.25) is 0 Å². The van der Waals surface area contributed by atoms with Crippen molar-refractivity contribution >= 4 is 17.6 Å². The zero-order valence-electron chi connectivity index (χ0n) is 13.7. The van der Waals surface area contributed by atoms with Crippen LogP contribution in [-0.4, -0.2) is 25.1 Å². The minimum Gasteiger partial charge on any atom is -0.494 e. The molecule has 5 nitrogen and oxygen atoms in total. The van der Waals surface area contributed by atoms with Crippen LogP contribution in [0.15, 0.2) is 54.6 Å². The molecule has 0 saturated carbocycles. The van der Waals surface area contributed by atoms with Crippen molar-refractivity contribution in [2.45, 2.75) is 19.8 Å². The number of para-hydroxylation sites is 1. The molecule has 1 amide bonds. The van der Waals surface area contributed by atoms with Gasteiger partial charge in [0.15, 0.2) is 0 Å². The maximum Gasteiger partial charge on any atom is 0.338 e. The molecule has 0 unspecified atom stereocenters. The lowest BCUT2D eigenvalue weighted by atomic mass is 10.2. The molecule has 0 spiro atoms. The van der Waals surface area contributed by atoms with Crippen molar-refractivity contribution in [2.24, 2.45) is 0 Å². The summed E-state index contributed by atoms with van der Waals surface area (Å²) in [7, 11) is 0. The molecule has 0 radical (unpaired) electrons. The van der Waals surface area contributed by atoms with Crippen LogP contribution in [0.4, 0.5) is 5.69 Å². The number of carbonyl (C=O) groups excluding carboxylic acids is 2. The van der Waals surface area contributed by atoms with E-state index in [1.165, 1.54) is 0 Å². The third-order valence-corrected chi connectivity index (χ3v) is 3.24. The van der Waals surface area contributed by atoms with E-state index in [-0.39, 0.29) is 11.9 Å². The highest BCUT2D eigenvalue weighted by atomic mass is 16.5. The summed E-state index contributed by atoms with van der Waals surface area (Å²) in [6.07, 6.45) is 0.994. The summed E-state index contributed by atoms with van der Waals surface area (Å²) in [5.74, 6) is 0.344. The van der Waals surface area contributed by atoms with Crippen molar-refractivity contribution in [3.8, 4) is 5.75 Å². The van der Waals surface area contributed by atoms with Crippen LogP contribution in [-0.2, 0) is 9.53 Å². The summed E-state index contributed by atoms with van der Waals surface area (Å²) in [5, 5.41) is 2.79. The third-order valence-electron chi connectivity index (χ3n) is 3.24. The third kappa shape index (κ3) is 5.76. The van der Waals surface area contributed by atoms with Crippen molar-refractivity contribution < 1.29 is 19.1 Å². The lowest BCUT2D eigenvalue weighted by molar-refractivity contribution is -0.116. The minimum atomic E-state index is -0.367. The van der Waals surface area contributed by atoms with E-state index in [1.807, 2.05) is 30.3 Å². The number of benzene rings is 2. The second kappa shape index (κ2) is 9.35. The van der Waals surface area contributed by atoms with Gasteiger partial charge in [-0.25, -0.2) is 4.79 Å². The largest absolute Gasteiger partial charge is 0.494 e. The van der Waals surface area contributed by atoms with Gasteiger partial charge in [0.1, 0.15) is 5.75 Å². The summed E-state index contributed by atoms with van der Waals surface area (Å²) in [6.45, 7) is 2.58. The molecule has 0 aliphatic carbocycles. The van der Waals surface area contributed by atoms with E-state index in [9.17, 15) is 9.59 Å². The highest BCUT2D eigenvalue weighted by Gasteiger charge is 2.07. The minimum absolute atomic E-state index is 0.0875. The fraction of sp³-hybridized carbons (Fsp3) is 0.263. The van der Waals surface area contributed by atoms with Crippen molar-refractivity contribution in [2.75, 3.05) is 18.5 Å². The van der Waals surface area contributed by atoms with Crippen LogP contribution in [0.1, 0.15) is 30.1 Å². The number of nitrogens with one attached hydrogen (secondary N) is 1. The number of anilines is 1. The number of carbonyl (C=O) groups is 2. The molecule has 24 heavy (non-hydrogen) atoms. The summed E-state index contributed by atoms with van der Waals surface area (Å²) in [4.78, 5) is 23.4. The van der Waals surface area contributed by atoms with Gasteiger partial charge < -0.3 is 14.8 Å². The van der Waals surface area contributed by atoms with Crippen LogP contribution >= 0.6 is 0 Å². The fourth-order valence-corrected chi connectivity index (χ4v) is 2.07. The van der Waals surface area contributed by atoms with Gasteiger partial charge in [-0.15, -0.1) is 0 Å². The van der Waals surface area contributed by atoms with E-state index < -0.39 is 0 Å². The summed E-state index contributed by atoms with van der Waals surface area (Å²) >= 11 is 0. The van der Waals surface area contributed by atoms with Gasteiger partial charge >= 0.3 is 5.97 Å². The van der Waals surface area contributed by atoms with Crippen LogP contribution in [0.5, 0.6) is 5.75 Å². The molecule has 1 N–H and O–H groups in total. The standard InChI is InChI=1S/C19H21NO4/c1-2-23-19(22)15-10-12-16(13-11-15)20-18(21)9-6-14-24-17-7-4-3-5-8-17/h3-5,7-8,10-13H,2,6,9,14H2,1H3,(H,20,21). The Morgan fingerprint density at radius 1 is 1.00 bits per heavy atom. The number of rotatable bonds is 8. The van der Waals surface area contributed by atoms with Gasteiger partial charge in [-0.1, -0.05) is 18.2 Å². The number of hydrogen-bond donors (Lipinski definition) is 1. The molecule has 2 aromatic rings. The van der Waals surface area contributed by atoms with Gasteiger partial charge in [0, 0.05) is 12.1 Å². The van der Waals surface area contributed by atoms with Crippen LogP contribution in [0, 0.1) is 0 Å². The molecule has 0 aliphatic rings. The Balaban J connectivity index is 1.71. The average Bonchev–Trinajstić information content (AvgIpc) is 2.60. The number of amides is 1. The van der Waals surface area contributed by atoms with Gasteiger partial charge in [0.2, 0.25) is 5.91 Å². The van der Waals surface area contributed by atoms with Crippen LogP contribution in [0.25, 0.3) is 0 Å². The zero-order valence-corrected chi connectivity index (χ0v) is 13.7. The maximum absolute atomic E-state index is 11.9. The Morgan fingerprint density at radius 2 is 1.71 bits per heavy atom. The molecule has 0 saturated heterocycles. The molecule has 126 valence electrons. The molecule has 0 atom stereocenters. The number of esters is 1. The second-order valence-corrected chi connectivity index (χ2v) is 5.11. The summed E-state index contributed by atoms with van der Waals surface area (Å²) in [6, 6.07) is 16.1. The molecule has 5 heteroatoms. The first kappa shape index (κ1) is 17.5. The van der Waals surface area contributed by atoms with Crippen molar-refractivity contribution in [3.05, 3.63) is 60.2 Å². The van der Waals surface area contributed by atoms with E-state index in [4.69, 9.17) is 9.47 Å². The van der Waals surface area contributed by atoms with Crippen LogP contribution in [0.3, 0.4) is 0 Å². The Labute approximate surface area is 141 Å². The van der Waals surface area contributed by atoms with Gasteiger partial charge in [-0.2, -0.15) is 0 Å². The Kier molecular flexibility index (Phi) is 6.83. The smallest absolute Gasteiger partial charge is 0.338 e. The molecule has 0 aromatic heterocycles.